The summed E-state index contributed by atoms with van der Waals surface area (Å²) in [4.78, 5) is 17.4. The van der Waals surface area contributed by atoms with Crippen LogP contribution in [0.4, 0.5) is 5.69 Å². The van der Waals surface area contributed by atoms with Crippen molar-refractivity contribution in [3.05, 3.63) is 72.1 Å². The molecule has 1 amide bonds. The predicted octanol–water partition coefficient (Wildman–Crippen LogP) is 4.29. The van der Waals surface area contributed by atoms with Crippen molar-refractivity contribution in [1.29, 1.82) is 0 Å². The molecule has 27 heavy (non-hydrogen) atoms. The third kappa shape index (κ3) is 2.26. The van der Waals surface area contributed by atoms with Crippen LogP contribution < -0.4 is 4.90 Å². The zero-order valence-electron chi connectivity index (χ0n) is 15.9. The summed E-state index contributed by atoms with van der Waals surface area (Å²) in [7, 11) is 6.05. The highest BCUT2D eigenvalue weighted by Gasteiger charge is 2.53. The summed E-state index contributed by atoms with van der Waals surface area (Å²) in [5, 5.41) is 0. The molecule has 1 saturated carbocycles. The van der Waals surface area contributed by atoms with Crippen LogP contribution in [0.25, 0.3) is 16.8 Å². The molecular formula is C23H23N3O. The number of aromatic nitrogens is 1. The summed E-state index contributed by atoms with van der Waals surface area (Å²) >= 11 is 0. The van der Waals surface area contributed by atoms with Gasteiger partial charge in [-0.15, -0.1) is 0 Å². The Morgan fingerprint density at radius 2 is 1.70 bits per heavy atom. The number of carbonyl (C=O) groups is 1. The molecule has 4 heteroatoms. The summed E-state index contributed by atoms with van der Waals surface area (Å²) < 4.78 is 2.09. The highest BCUT2D eigenvalue weighted by Crippen LogP contribution is 2.54. The van der Waals surface area contributed by atoms with Crippen LogP contribution in [-0.4, -0.2) is 36.5 Å². The minimum Gasteiger partial charge on any atom is -0.378 e. The summed E-state index contributed by atoms with van der Waals surface area (Å²) in [5.74, 6) is 0.0947. The van der Waals surface area contributed by atoms with E-state index in [0.29, 0.717) is 0 Å². The Morgan fingerprint density at radius 1 is 0.963 bits per heavy atom. The van der Waals surface area contributed by atoms with E-state index in [4.69, 9.17) is 0 Å². The molecule has 0 radical (unpaired) electrons. The van der Waals surface area contributed by atoms with Crippen LogP contribution in [-0.2, 0) is 5.54 Å². The number of benzene rings is 2. The molecule has 4 nitrogen and oxygen atoms in total. The van der Waals surface area contributed by atoms with Gasteiger partial charge in [0.05, 0.1) is 11.2 Å². The second kappa shape index (κ2) is 5.49. The molecule has 1 fully saturated rings. The quantitative estimate of drug-likeness (QED) is 0.685. The Kier molecular flexibility index (Phi) is 3.29. The summed E-state index contributed by atoms with van der Waals surface area (Å²) in [5.41, 5.74) is 6.29. The Bertz CT molecular complexity index is 1040. The van der Waals surface area contributed by atoms with E-state index in [9.17, 15) is 4.79 Å². The molecule has 1 aromatic heterocycles. The maximum Gasteiger partial charge on any atom is 0.271 e. The maximum absolute atomic E-state index is 13.3. The lowest BCUT2D eigenvalue weighted by Crippen LogP contribution is -2.36. The number of hydrogen-bond acceptors (Lipinski definition) is 2. The number of rotatable bonds is 2. The largest absolute Gasteiger partial charge is 0.378 e. The molecule has 1 spiro atoms. The van der Waals surface area contributed by atoms with E-state index in [1.165, 1.54) is 5.56 Å². The topological polar surface area (TPSA) is 28.5 Å². The Balaban J connectivity index is 1.78. The molecule has 0 atom stereocenters. The number of fused-ring (bicyclic) bond motifs is 4. The first-order chi connectivity index (χ1) is 13.0. The summed E-state index contributed by atoms with van der Waals surface area (Å²) in [6.07, 6.45) is 4.16. The van der Waals surface area contributed by atoms with Gasteiger partial charge < -0.3 is 14.4 Å². The molecule has 0 unspecified atom stereocenters. The van der Waals surface area contributed by atoms with Gasteiger partial charge in [-0.05, 0) is 36.6 Å². The molecule has 2 aromatic carbocycles. The fourth-order valence-corrected chi connectivity index (χ4v) is 4.28. The van der Waals surface area contributed by atoms with Crippen molar-refractivity contribution >= 4 is 11.6 Å². The van der Waals surface area contributed by atoms with Crippen LogP contribution in [0.5, 0.6) is 0 Å². The first-order valence-electron chi connectivity index (χ1n) is 9.39. The van der Waals surface area contributed by atoms with E-state index in [-0.39, 0.29) is 11.4 Å². The highest BCUT2D eigenvalue weighted by atomic mass is 16.2. The van der Waals surface area contributed by atoms with Gasteiger partial charge in [0.15, 0.2) is 0 Å². The van der Waals surface area contributed by atoms with Crippen molar-refractivity contribution in [1.82, 2.24) is 9.47 Å². The van der Waals surface area contributed by atoms with Gasteiger partial charge in [-0.25, -0.2) is 0 Å². The van der Waals surface area contributed by atoms with E-state index in [1.807, 2.05) is 36.2 Å². The molecule has 5 rings (SSSR count). The van der Waals surface area contributed by atoms with Crippen molar-refractivity contribution in [2.24, 2.45) is 0 Å². The number of amides is 1. The lowest BCUT2D eigenvalue weighted by atomic mass is 10.0. The van der Waals surface area contributed by atoms with E-state index >= 15 is 0 Å². The van der Waals surface area contributed by atoms with Crippen LogP contribution in [0, 0.1) is 0 Å². The van der Waals surface area contributed by atoms with Gasteiger partial charge in [-0.1, -0.05) is 36.4 Å². The lowest BCUT2D eigenvalue weighted by molar-refractivity contribution is 0.0705. The first kappa shape index (κ1) is 16.2. The zero-order chi connectivity index (χ0) is 18.8. The van der Waals surface area contributed by atoms with Gasteiger partial charge in [0.25, 0.3) is 5.91 Å². The van der Waals surface area contributed by atoms with Crippen molar-refractivity contribution in [3.8, 4) is 16.8 Å². The first-order valence-corrected chi connectivity index (χ1v) is 9.39. The summed E-state index contributed by atoms with van der Waals surface area (Å²) in [6, 6.07) is 18.8. The Hall–Kier alpha value is -3.01. The molecule has 2 aliphatic rings. The Morgan fingerprint density at radius 3 is 2.37 bits per heavy atom. The van der Waals surface area contributed by atoms with Crippen molar-refractivity contribution in [3.63, 3.8) is 0 Å². The average molecular weight is 357 g/mol. The van der Waals surface area contributed by atoms with Crippen LogP contribution >= 0.6 is 0 Å². The number of carbonyl (C=O) groups excluding carboxylic acids is 1. The van der Waals surface area contributed by atoms with Gasteiger partial charge in [0.2, 0.25) is 0 Å². The number of nitrogens with zero attached hydrogens (tertiary/aromatic N) is 3. The highest BCUT2D eigenvalue weighted by molar-refractivity contribution is 5.97. The van der Waals surface area contributed by atoms with Gasteiger partial charge >= 0.3 is 0 Å². The van der Waals surface area contributed by atoms with Crippen molar-refractivity contribution in [2.45, 2.75) is 18.4 Å². The molecule has 0 bridgehead atoms. The van der Waals surface area contributed by atoms with Crippen LogP contribution in [0.3, 0.4) is 0 Å². The van der Waals surface area contributed by atoms with Crippen molar-refractivity contribution in [2.75, 3.05) is 26.0 Å². The fourth-order valence-electron chi connectivity index (χ4n) is 4.28. The average Bonchev–Trinajstić information content (AvgIpc) is 3.39. The molecule has 136 valence electrons. The predicted molar refractivity (Wildman–Crippen MR) is 109 cm³/mol. The zero-order valence-corrected chi connectivity index (χ0v) is 15.9. The molecule has 1 aliphatic carbocycles. The summed E-state index contributed by atoms with van der Waals surface area (Å²) in [6.45, 7) is 0. The fraction of sp³-hybridized carbons (Fsp3) is 0.261. The minimum absolute atomic E-state index is 0.0947. The molecule has 0 saturated heterocycles. The molecule has 2 heterocycles. The van der Waals surface area contributed by atoms with E-state index in [0.717, 1.165) is 41.0 Å². The molecule has 1 aliphatic heterocycles. The third-order valence-corrected chi connectivity index (χ3v) is 6.08. The minimum atomic E-state index is -0.150. The normalized spacial score (nSPS) is 16.7. The Labute approximate surface area is 159 Å². The monoisotopic (exact) mass is 357 g/mol. The maximum atomic E-state index is 13.3. The second-order valence-electron chi connectivity index (χ2n) is 7.84. The van der Waals surface area contributed by atoms with Crippen molar-refractivity contribution < 1.29 is 4.79 Å². The molecule has 0 N–H and O–H groups in total. The second-order valence-corrected chi connectivity index (χ2v) is 7.84. The SMILES string of the molecule is CN(C)c1ccc2c(c1)-n1cc(-c3ccccc3)cc1C(=O)N(C)C21CC1. The van der Waals surface area contributed by atoms with E-state index in [1.54, 1.807) is 0 Å². The number of hydrogen-bond donors (Lipinski definition) is 0. The van der Waals surface area contributed by atoms with Gasteiger partial charge in [0, 0.05) is 44.2 Å². The van der Waals surface area contributed by atoms with Gasteiger partial charge in [0.1, 0.15) is 5.69 Å². The molecular weight excluding hydrogens is 334 g/mol. The van der Waals surface area contributed by atoms with Crippen LogP contribution in [0.1, 0.15) is 28.9 Å². The third-order valence-electron chi connectivity index (χ3n) is 6.08. The number of anilines is 1. The van der Waals surface area contributed by atoms with Crippen LogP contribution in [0.15, 0.2) is 60.8 Å². The standard InChI is InChI=1S/C23H23N3O/c1-24(2)18-9-10-19-20(14-18)26-15-17(16-7-5-4-6-8-16)13-21(26)22(27)25(3)23(19)11-12-23/h4-10,13-15H,11-12H2,1-3H3. The van der Waals surface area contributed by atoms with Gasteiger partial charge in [-0.3, -0.25) is 4.79 Å². The smallest absolute Gasteiger partial charge is 0.271 e. The van der Waals surface area contributed by atoms with E-state index < -0.39 is 0 Å². The van der Waals surface area contributed by atoms with E-state index in [2.05, 4.69) is 60.1 Å². The van der Waals surface area contributed by atoms with Crippen LogP contribution in [0.2, 0.25) is 0 Å². The lowest BCUT2D eigenvalue weighted by Gasteiger charge is -2.27. The van der Waals surface area contributed by atoms with Gasteiger partial charge in [-0.2, -0.15) is 0 Å². The molecule has 3 aromatic rings.